The summed E-state index contributed by atoms with van der Waals surface area (Å²) in [6.45, 7) is 3.07. The molecule has 3 heteroatoms. The number of thioether (sulfide) groups is 1. The van der Waals surface area contributed by atoms with Gasteiger partial charge in [0.25, 0.3) is 0 Å². The van der Waals surface area contributed by atoms with E-state index in [1.807, 2.05) is 11.8 Å². The Kier molecular flexibility index (Phi) is 6.27. The molecule has 32 heavy (non-hydrogen) atoms. The van der Waals surface area contributed by atoms with Crippen molar-refractivity contribution in [1.29, 1.82) is 0 Å². The van der Waals surface area contributed by atoms with Crippen LogP contribution in [0, 0.1) is 0 Å². The summed E-state index contributed by atoms with van der Waals surface area (Å²) < 4.78 is 2.43. The summed E-state index contributed by atoms with van der Waals surface area (Å²) in [5.74, 6) is 2.31. The second-order valence-electron chi connectivity index (χ2n) is 8.28. The van der Waals surface area contributed by atoms with E-state index in [1.54, 1.807) is 0 Å². The molecule has 0 unspecified atom stereocenters. The molecule has 0 N–H and O–H groups in total. The van der Waals surface area contributed by atoms with Gasteiger partial charge < -0.3 is 4.57 Å². The lowest BCUT2D eigenvalue weighted by molar-refractivity contribution is 0.730. The van der Waals surface area contributed by atoms with Gasteiger partial charge in [-0.2, -0.15) is 0 Å². The molecule has 4 aromatic carbocycles. The first kappa shape index (κ1) is 20.8. The third-order valence-corrected chi connectivity index (χ3v) is 7.11. The predicted molar refractivity (Wildman–Crippen MR) is 138 cm³/mol. The Morgan fingerprint density at radius 3 is 2.41 bits per heavy atom. The van der Waals surface area contributed by atoms with Crippen molar-refractivity contribution in [3.8, 4) is 0 Å². The number of imidazole rings is 1. The summed E-state index contributed by atoms with van der Waals surface area (Å²) in [7, 11) is 0. The van der Waals surface area contributed by atoms with Gasteiger partial charge in [0.15, 0.2) is 0 Å². The molecule has 2 nitrogen and oxygen atoms in total. The number of aryl methyl sites for hydroxylation is 2. The summed E-state index contributed by atoms with van der Waals surface area (Å²) in [5, 5.41) is 2.58. The summed E-state index contributed by atoms with van der Waals surface area (Å²) in [4.78, 5) is 6.39. The molecule has 0 aliphatic heterocycles. The Labute approximate surface area is 194 Å². The predicted octanol–water partition coefficient (Wildman–Crippen LogP) is 7.53. The van der Waals surface area contributed by atoms with Gasteiger partial charge in [0, 0.05) is 17.9 Å². The van der Waals surface area contributed by atoms with Crippen LogP contribution in [0.3, 0.4) is 0 Å². The topological polar surface area (TPSA) is 17.8 Å². The molecule has 5 rings (SSSR count). The molecule has 0 aliphatic carbocycles. The van der Waals surface area contributed by atoms with Crippen molar-refractivity contribution in [2.24, 2.45) is 0 Å². The fourth-order valence-corrected chi connectivity index (χ4v) is 5.05. The Morgan fingerprint density at radius 2 is 1.56 bits per heavy atom. The lowest BCUT2D eigenvalue weighted by atomic mass is 10.1. The zero-order valence-electron chi connectivity index (χ0n) is 18.5. The molecule has 0 radical (unpaired) electrons. The molecule has 0 bridgehead atoms. The standard InChI is InChI=1S/C29H28N2S/c1-2-18-32-26-15-16-27-28(20-26)31(29(30-27)17-13-22-8-4-3-5-9-22)21-23-12-14-24-10-6-7-11-25(24)19-23/h3-12,14-16,19-20H,2,13,17-18,21H2,1H3. The maximum absolute atomic E-state index is 5.06. The SMILES string of the molecule is CCCSc1ccc2nc(CCc3ccccc3)n(Cc3ccc4ccccc4c3)c2c1. The van der Waals surface area contributed by atoms with Crippen LogP contribution in [-0.2, 0) is 19.4 Å². The molecule has 1 aromatic heterocycles. The van der Waals surface area contributed by atoms with Gasteiger partial charge in [-0.25, -0.2) is 4.98 Å². The molecule has 160 valence electrons. The van der Waals surface area contributed by atoms with E-state index in [0.29, 0.717) is 0 Å². The molecule has 0 saturated heterocycles. The van der Waals surface area contributed by atoms with Gasteiger partial charge >= 0.3 is 0 Å². The molecular formula is C29H28N2S. The minimum absolute atomic E-state index is 0.841. The van der Waals surface area contributed by atoms with Crippen LogP contribution in [0.4, 0.5) is 0 Å². The van der Waals surface area contributed by atoms with E-state index in [-0.39, 0.29) is 0 Å². The molecule has 0 fully saturated rings. The lowest BCUT2D eigenvalue weighted by Crippen LogP contribution is -2.07. The van der Waals surface area contributed by atoms with Crippen molar-refractivity contribution in [1.82, 2.24) is 9.55 Å². The Balaban J connectivity index is 1.52. The van der Waals surface area contributed by atoms with E-state index >= 15 is 0 Å². The first-order valence-corrected chi connectivity index (χ1v) is 12.4. The highest BCUT2D eigenvalue weighted by Crippen LogP contribution is 2.27. The average Bonchev–Trinajstić information content (AvgIpc) is 3.18. The van der Waals surface area contributed by atoms with Crippen molar-refractivity contribution in [3.05, 3.63) is 108 Å². The molecule has 5 aromatic rings. The molecule has 0 amide bonds. The van der Waals surface area contributed by atoms with Crippen LogP contribution in [-0.4, -0.2) is 15.3 Å². The number of hydrogen-bond acceptors (Lipinski definition) is 2. The minimum Gasteiger partial charge on any atom is -0.323 e. The Morgan fingerprint density at radius 1 is 0.750 bits per heavy atom. The quantitative estimate of drug-likeness (QED) is 0.234. The smallest absolute Gasteiger partial charge is 0.110 e. The number of rotatable bonds is 8. The lowest BCUT2D eigenvalue weighted by Gasteiger charge is -2.11. The second kappa shape index (κ2) is 9.62. The van der Waals surface area contributed by atoms with Crippen LogP contribution in [0.2, 0.25) is 0 Å². The summed E-state index contributed by atoms with van der Waals surface area (Å²) in [6.07, 6.45) is 3.12. The highest BCUT2D eigenvalue weighted by molar-refractivity contribution is 7.99. The zero-order valence-corrected chi connectivity index (χ0v) is 19.3. The fourth-order valence-electron chi connectivity index (χ4n) is 4.25. The first-order chi connectivity index (χ1) is 15.8. The van der Waals surface area contributed by atoms with E-state index in [9.17, 15) is 0 Å². The molecule has 0 aliphatic rings. The molecule has 0 spiro atoms. The molecule has 0 atom stereocenters. The van der Waals surface area contributed by atoms with E-state index in [1.165, 1.54) is 38.7 Å². The van der Waals surface area contributed by atoms with Gasteiger partial charge in [0.05, 0.1) is 11.0 Å². The van der Waals surface area contributed by atoms with E-state index in [0.717, 1.165) is 36.5 Å². The maximum atomic E-state index is 5.06. The van der Waals surface area contributed by atoms with Crippen LogP contribution in [0.15, 0.2) is 95.9 Å². The normalized spacial score (nSPS) is 11.4. The minimum atomic E-state index is 0.841. The third kappa shape index (κ3) is 4.58. The van der Waals surface area contributed by atoms with Crippen molar-refractivity contribution in [3.63, 3.8) is 0 Å². The van der Waals surface area contributed by atoms with E-state index in [4.69, 9.17) is 4.98 Å². The number of aromatic nitrogens is 2. The summed E-state index contributed by atoms with van der Waals surface area (Å²) in [6, 6.07) is 32.8. The highest BCUT2D eigenvalue weighted by Gasteiger charge is 2.13. The van der Waals surface area contributed by atoms with Crippen LogP contribution < -0.4 is 0 Å². The zero-order chi connectivity index (χ0) is 21.8. The van der Waals surface area contributed by atoms with Gasteiger partial charge in [-0.3, -0.25) is 0 Å². The van der Waals surface area contributed by atoms with Crippen LogP contribution >= 0.6 is 11.8 Å². The number of fused-ring (bicyclic) bond motifs is 2. The average molecular weight is 437 g/mol. The van der Waals surface area contributed by atoms with Crippen molar-refractivity contribution in [2.45, 2.75) is 37.6 Å². The third-order valence-electron chi connectivity index (χ3n) is 5.91. The van der Waals surface area contributed by atoms with Gasteiger partial charge in [0.2, 0.25) is 0 Å². The van der Waals surface area contributed by atoms with Gasteiger partial charge in [-0.1, -0.05) is 73.7 Å². The number of benzene rings is 4. The largest absolute Gasteiger partial charge is 0.323 e. The van der Waals surface area contributed by atoms with Crippen molar-refractivity contribution in [2.75, 3.05) is 5.75 Å². The first-order valence-electron chi connectivity index (χ1n) is 11.4. The van der Waals surface area contributed by atoms with Crippen LogP contribution in [0.25, 0.3) is 21.8 Å². The van der Waals surface area contributed by atoms with Crippen LogP contribution in [0.1, 0.15) is 30.3 Å². The van der Waals surface area contributed by atoms with Crippen LogP contribution in [0.5, 0.6) is 0 Å². The Bertz CT molecular complexity index is 1340. The van der Waals surface area contributed by atoms with Gasteiger partial charge in [-0.15, -0.1) is 11.8 Å². The Hall–Kier alpha value is -3.04. The van der Waals surface area contributed by atoms with Crippen molar-refractivity contribution >= 4 is 33.6 Å². The highest BCUT2D eigenvalue weighted by atomic mass is 32.2. The summed E-state index contributed by atoms with van der Waals surface area (Å²) >= 11 is 1.93. The molecular weight excluding hydrogens is 408 g/mol. The number of nitrogens with zero attached hydrogens (tertiary/aromatic N) is 2. The number of hydrogen-bond donors (Lipinski definition) is 0. The molecule has 0 saturated carbocycles. The van der Waals surface area contributed by atoms with E-state index in [2.05, 4.69) is 102 Å². The molecule has 1 heterocycles. The van der Waals surface area contributed by atoms with Gasteiger partial charge in [-0.05, 0) is 64.8 Å². The van der Waals surface area contributed by atoms with Gasteiger partial charge in [0.1, 0.15) is 5.82 Å². The van der Waals surface area contributed by atoms with E-state index < -0.39 is 0 Å². The monoisotopic (exact) mass is 436 g/mol. The summed E-state index contributed by atoms with van der Waals surface area (Å²) in [5.41, 5.74) is 5.00. The maximum Gasteiger partial charge on any atom is 0.110 e. The second-order valence-corrected chi connectivity index (χ2v) is 9.45. The van der Waals surface area contributed by atoms with Crippen molar-refractivity contribution < 1.29 is 0 Å². The fraction of sp³-hybridized carbons (Fsp3) is 0.207.